The Kier molecular flexibility index (Phi) is 9.65. The van der Waals surface area contributed by atoms with Crippen LogP contribution in [0.15, 0.2) is 96.1 Å². The normalized spacial score (nSPS) is 19.6. The summed E-state index contributed by atoms with van der Waals surface area (Å²) in [4.78, 5) is 28.5. The van der Waals surface area contributed by atoms with Gasteiger partial charge in [-0.3, -0.25) is 9.59 Å². The van der Waals surface area contributed by atoms with Gasteiger partial charge in [-0.2, -0.15) is 0 Å². The van der Waals surface area contributed by atoms with Gasteiger partial charge in [-0.05, 0) is 48.2 Å². The molecule has 2 aliphatic rings. The van der Waals surface area contributed by atoms with Crippen LogP contribution in [0.3, 0.4) is 0 Å². The highest BCUT2D eigenvalue weighted by Gasteiger charge is 2.30. The van der Waals surface area contributed by atoms with E-state index < -0.39 is 0 Å². The molecular weight excluding hydrogens is 460 g/mol. The van der Waals surface area contributed by atoms with Gasteiger partial charge >= 0.3 is 0 Å². The third-order valence-electron chi connectivity index (χ3n) is 5.94. The molecule has 0 bridgehead atoms. The number of amides is 1. The molecular formula is C29H31ClN2O3. The number of piperidine rings is 1. The molecule has 0 saturated carbocycles. The van der Waals surface area contributed by atoms with Crippen molar-refractivity contribution in [2.75, 3.05) is 33.3 Å². The fourth-order valence-electron chi connectivity index (χ4n) is 4.10. The number of ether oxygens (including phenoxy) is 1. The molecule has 1 heterocycles. The van der Waals surface area contributed by atoms with E-state index in [1.54, 1.807) is 17.0 Å². The van der Waals surface area contributed by atoms with E-state index in [2.05, 4.69) is 17.5 Å². The number of likely N-dealkylation sites (tertiary alicyclic amines) is 1. The zero-order valence-electron chi connectivity index (χ0n) is 19.9. The minimum absolute atomic E-state index is 0. The monoisotopic (exact) mass is 490 g/mol. The summed E-state index contributed by atoms with van der Waals surface area (Å²) in [6, 6.07) is 17.0. The van der Waals surface area contributed by atoms with Crippen LogP contribution in [0.25, 0.3) is 6.08 Å². The molecule has 1 fully saturated rings. The average molecular weight is 491 g/mol. The SMILES string of the molecule is C[NH2+]CCOc1ccc(C(=O)N2CC(=Cc3ccccc3)C(=O)C(=CC3C=CC=CC3)C2)cc1.[Cl-]. The zero-order chi connectivity index (χ0) is 23.8. The molecule has 1 saturated heterocycles. The number of Topliss-reactive ketones (excluding diaryl/α,β-unsaturated/α-hetero) is 1. The van der Waals surface area contributed by atoms with Crippen molar-refractivity contribution in [3.8, 4) is 5.75 Å². The highest BCUT2D eigenvalue weighted by molar-refractivity contribution is 6.13. The van der Waals surface area contributed by atoms with Crippen molar-refractivity contribution in [1.29, 1.82) is 0 Å². The number of rotatable bonds is 7. The topological polar surface area (TPSA) is 63.2 Å². The second kappa shape index (κ2) is 12.9. The summed E-state index contributed by atoms with van der Waals surface area (Å²) in [5.74, 6) is 0.834. The molecule has 1 aliphatic carbocycles. The number of benzene rings is 2. The molecule has 182 valence electrons. The molecule has 1 unspecified atom stereocenters. The smallest absolute Gasteiger partial charge is 0.254 e. The van der Waals surface area contributed by atoms with E-state index in [4.69, 9.17) is 4.74 Å². The summed E-state index contributed by atoms with van der Waals surface area (Å²) in [5.41, 5.74) is 2.83. The van der Waals surface area contributed by atoms with Crippen molar-refractivity contribution >= 4 is 17.8 Å². The number of quaternary nitrogens is 1. The Labute approximate surface area is 213 Å². The molecule has 2 aromatic rings. The van der Waals surface area contributed by atoms with Crippen LogP contribution in [-0.4, -0.2) is 49.9 Å². The van der Waals surface area contributed by atoms with Gasteiger partial charge in [0.1, 0.15) is 18.9 Å². The van der Waals surface area contributed by atoms with Crippen LogP contribution in [0.5, 0.6) is 5.75 Å². The fraction of sp³-hybridized carbons (Fsp3) is 0.241. The number of halogens is 1. The summed E-state index contributed by atoms with van der Waals surface area (Å²) in [6.45, 7) is 2.09. The Morgan fingerprint density at radius 1 is 1.06 bits per heavy atom. The van der Waals surface area contributed by atoms with Crippen molar-refractivity contribution < 1.29 is 32.0 Å². The maximum absolute atomic E-state index is 13.4. The van der Waals surface area contributed by atoms with Gasteiger partial charge in [-0.25, -0.2) is 0 Å². The van der Waals surface area contributed by atoms with Gasteiger partial charge in [0.25, 0.3) is 5.91 Å². The first-order chi connectivity index (χ1) is 16.6. The second-order valence-electron chi connectivity index (χ2n) is 8.54. The molecule has 6 heteroatoms. The maximum atomic E-state index is 13.4. The molecule has 0 radical (unpaired) electrons. The Morgan fingerprint density at radius 3 is 2.49 bits per heavy atom. The Hall–Kier alpha value is -3.41. The van der Waals surface area contributed by atoms with Crippen molar-refractivity contribution in [3.05, 3.63) is 107 Å². The van der Waals surface area contributed by atoms with Gasteiger partial charge in [0.15, 0.2) is 5.78 Å². The van der Waals surface area contributed by atoms with E-state index in [1.165, 1.54) is 0 Å². The lowest BCUT2D eigenvalue weighted by Crippen LogP contribution is -3.00. The Balaban J connectivity index is 0.00000342. The van der Waals surface area contributed by atoms with Crippen LogP contribution >= 0.6 is 0 Å². The average Bonchev–Trinajstić information content (AvgIpc) is 2.88. The zero-order valence-corrected chi connectivity index (χ0v) is 20.7. The number of nitrogens with two attached hydrogens (primary N) is 1. The summed E-state index contributed by atoms with van der Waals surface area (Å²) >= 11 is 0. The van der Waals surface area contributed by atoms with Gasteiger partial charge < -0.3 is 27.4 Å². The lowest BCUT2D eigenvalue weighted by Gasteiger charge is -2.30. The Bertz CT molecular complexity index is 1130. The number of hydrogen-bond acceptors (Lipinski definition) is 3. The lowest BCUT2D eigenvalue weighted by molar-refractivity contribution is -0.627. The number of hydrogen-bond donors (Lipinski definition) is 1. The number of carbonyl (C=O) groups is 2. The highest BCUT2D eigenvalue weighted by atomic mass is 35.5. The predicted octanol–water partition coefficient (Wildman–Crippen LogP) is 0.430. The number of ketones is 1. The van der Waals surface area contributed by atoms with E-state index in [9.17, 15) is 9.59 Å². The molecule has 1 aliphatic heterocycles. The van der Waals surface area contributed by atoms with Crippen LogP contribution in [0.4, 0.5) is 0 Å². The third-order valence-corrected chi connectivity index (χ3v) is 5.94. The van der Waals surface area contributed by atoms with Crippen LogP contribution < -0.4 is 22.5 Å². The summed E-state index contributed by atoms with van der Waals surface area (Å²) in [7, 11) is 2.00. The van der Waals surface area contributed by atoms with Crippen molar-refractivity contribution in [2.24, 2.45) is 5.92 Å². The molecule has 35 heavy (non-hydrogen) atoms. The number of nitrogens with zero attached hydrogens (tertiary/aromatic N) is 1. The molecule has 4 rings (SSSR count). The standard InChI is InChI=1S/C29H30N2O3.ClH/c1-30-16-17-34-27-14-12-24(13-15-27)29(33)31-20-25(18-22-8-4-2-5-9-22)28(32)26(21-31)19-23-10-6-3-7-11-23;/h2-10,12-15,18-19,23,30H,11,16-17,20-21H2,1H3;1H. The van der Waals surface area contributed by atoms with E-state index in [-0.39, 0.29) is 36.6 Å². The Morgan fingerprint density at radius 2 is 1.80 bits per heavy atom. The van der Waals surface area contributed by atoms with E-state index in [0.717, 1.165) is 24.3 Å². The minimum atomic E-state index is -0.0927. The largest absolute Gasteiger partial charge is 1.00 e. The number of carbonyl (C=O) groups excluding carboxylic acids is 2. The van der Waals surface area contributed by atoms with E-state index in [0.29, 0.717) is 29.9 Å². The second-order valence-corrected chi connectivity index (χ2v) is 8.54. The van der Waals surface area contributed by atoms with Crippen molar-refractivity contribution in [2.45, 2.75) is 6.42 Å². The van der Waals surface area contributed by atoms with Gasteiger partial charge in [-0.1, -0.05) is 60.7 Å². The minimum Gasteiger partial charge on any atom is -1.00 e. The first-order valence-corrected chi connectivity index (χ1v) is 11.8. The van der Waals surface area contributed by atoms with Gasteiger partial charge in [-0.15, -0.1) is 0 Å². The van der Waals surface area contributed by atoms with Gasteiger partial charge in [0, 0.05) is 23.3 Å². The molecule has 1 atom stereocenters. The molecule has 2 N–H and O–H groups in total. The molecule has 2 aromatic carbocycles. The molecule has 0 aromatic heterocycles. The highest BCUT2D eigenvalue weighted by Crippen LogP contribution is 2.25. The van der Waals surface area contributed by atoms with Crippen molar-refractivity contribution in [3.63, 3.8) is 0 Å². The van der Waals surface area contributed by atoms with Gasteiger partial charge in [0.2, 0.25) is 0 Å². The predicted molar refractivity (Wildman–Crippen MR) is 134 cm³/mol. The van der Waals surface area contributed by atoms with E-state index in [1.807, 2.05) is 73.8 Å². The fourth-order valence-corrected chi connectivity index (χ4v) is 4.10. The van der Waals surface area contributed by atoms with Crippen LogP contribution in [0, 0.1) is 5.92 Å². The molecule has 0 spiro atoms. The van der Waals surface area contributed by atoms with Crippen molar-refractivity contribution in [1.82, 2.24) is 4.90 Å². The number of allylic oxidation sites excluding steroid dienone is 5. The summed E-state index contributed by atoms with van der Waals surface area (Å²) in [6.07, 6.45) is 13.0. The lowest BCUT2D eigenvalue weighted by atomic mass is 9.90. The van der Waals surface area contributed by atoms with E-state index >= 15 is 0 Å². The summed E-state index contributed by atoms with van der Waals surface area (Å²) in [5, 5.41) is 2.06. The molecule has 5 nitrogen and oxygen atoms in total. The van der Waals surface area contributed by atoms with Crippen LogP contribution in [0.2, 0.25) is 0 Å². The first kappa shape index (κ1) is 26.2. The summed E-state index contributed by atoms with van der Waals surface area (Å²) < 4.78 is 5.69. The van der Waals surface area contributed by atoms with Crippen LogP contribution in [0.1, 0.15) is 22.3 Å². The van der Waals surface area contributed by atoms with Crippen LogP contribution in [-0.2, 0) is 4.79 Å². The van der Waals surface area contributed by atoms with Gasteiger partial charge in [0.05, 0.1) is 13.6 Å². The molecule has 1 amide bonds. The quantitative estimate of drug-likeness (QED) is 0.452. The maximum Gasteiger partial charge on any atom is 0.254 e. The first-order valence-electron chi connectivity index (χ1n) is 11.8. The number of likely N-dealkylation sites (N-methyl/N-ethyl adjacent to an activating group) is 1. The third kappa shape index (κ3) is 7.04.